The number of halogens is 3. The lowest BCUT2D eigenvalue weighted by Crippen LogP contribution is -2.18. The van der Waals surface area contributed by atoms with Crippen LogP contribution in [-0.4, -0.2) is 17.7 Å². The largest absolute Gasteiger partial charge is 0.434 e. The Morgan fingerprint density at radius 2 is 2.13 bits per heavy atom. The molecule has 1 aromatic rings. The minimum atomic E-state index is -3.11. The Balaban J connectivity index is 3.20. The summed E-state index contributed by atoms with van der Waals surface area (Å²) in [6.45, 7) is -3.11. The van der Waals surface area contributed by atoms with E-state index in [4.69, 9.17) is 10.9 Å². The van der Waals surface area contributed by atoms with Gasteiger partial charge in [0.25, 0.3) is 0 Å². The fourth-order valence-electron chi connectivity index (χ4n) is 0.997. The SMILES string of the molecule is N/C(=N\O)c1c(F)cccc1OC(F)F. The summed E-state index contributed by atoms with van der Waals surface area (Å²) in [5.74, 6) is -2.03. The van der Waals surface area contributed by atoms with Gasteiger partial charge in [-0.15, -0.1) is 0 Å². The zero-order valence-corrected chi connectivity index (χ0v) is 7.32. The van der Waals surface area contributed by atoms with Crippen molar-refractivity contribution < 1.29 is 23.1 Å². The van der Waals surface area contributed by atoms with Crippen LogP contribution < -0.4 is 10.5 Å². The van der Waals surface area contributed by atoms with E-state index in [1.54, 1.807) is 0 Å². The van der Waals surface area contributed by atoms with Gasteiger partial charge < -0.3 is 15.7 Å². The normalized spacial score (nSPS) is 11.9. The van der Waals surface area contributed by atoms with E-state index in [0.717, 1.165) is 12.1 Å². The number of hydrogen-bond acceptors (Lipinski definition) is 3. The molecule has 82 valence electrons. The Morgan fingerprint density at radius 1 is 1.47 bits per heavy atom. The van der Waals surface area contributed by atoms with E-state index in [-0.39, 0.29) is 0 Å². The highest BCUT2D eigenvalue weighted by molar-refractivity contribution is 5.99. The Bertz CT molecular complexity index is 382. The van der Waals surface area contributed by atoms with Crippen molar-refractivity contribution in [1.82, 2.24) is 0 Å². The first-order valence-corrected chi connectivity index (χ1v) is 3.77. The summed E-state index contributed by atoms with van der Waals surface area (Å²) in [6, 6.07) is 3.23. The second kappa shape index (κ2) is 4.54. The average Bonchev–Trinajstić information content (AvgIpc) is 2.16. The molecule has 15 heavy (non-hydrogen) atoms. The average molecular weight is 220 g/mol. The molecule has 0 bridgehead atoms. The second-order valence-corrected chi connectivity index (χ2v) is 2.48. The summed E-state index contributed by atoms with van der Waals surface area (Å²) in [5.41, 5.74) is 4.61. The van der Waals surface area contributed by atoms with Crippen LogP contribution >= 0.6 is 0 Å². The summed E-state index contributed by atoms with van der Waals surface area (Å²) in [5, 5.41) is 10.8. The third kappa shape index (κ3) is 2.52. The highest BCUT2D eigenvalue weighted by atomic mass is 19.3. The number of nitrogens with zero attached hydrogens (tertiary/aromatic N) is 1. The lowest BCUT2D eigenvalue weighted by atomic mass is 10.1. The molecule has 4 nitrogen and oxygen atoms in total. The Hall–Kier alpha value is -1.92. The number of benzene rings is 1. The van der Waals surface area contributed by atoms with Crippen LogP contribution in [0.5, 0.6) is 5.75 Å². The van der Waals surface area contributed by atoms with E-state index in [1.807, 2.05) is 0 Å². The van der Waals surface area contributed by atoms with Gasteiger partial charge in [-0.3, -0.25) is 0 Å². The maximum absolute atomic E-state index is 13.1. The minimum absolute atomic E-state index is 0.486. The summed E-state index contributed by atoms with van der Waals surface area (Å²) >= 11 is 0. The third-order valence-electron chi connectivity index (χ3n) is 1.56. The molecular formula is C8H7F3N2O2. The van der Waals surface area contributed by atoms with E-state index in [0.29, 0.717) is 0 Å². The number of alkyl halides is 2. The minimum Gasteiger partial charge on any atom is -0.434 e. The molecule has 0 aromatic heterocycles. The Labute approximate surface area is 82.8 Å². The molecule has 0 atom stereocenters. The molecule has 0 spiro atoms. The molecule has 0 unspecified atom stereocenters. The maximum atomic E-state index is 13.1. The zero-order chi connectivity index (χ0) is 11.4. The van der Waals surface area contributed by atoms with Crippen molar-refractivity contribution in [2.24, 2.45) is 10.9 Å². The van der Waals surface area contributed by atoms with E-state index in [2.05, 4.69) is 9.89 Å². The van der Waals surface area contributed by atoms with Gasteiger partial charge in [0.05, 0.1) is 5.56 Å². The van der Waals surface area contributed by atoms with Crippen LogP contribution in [0.2, 0.25) is 0 Å². The Morgan fingerprint density at radius 3 is 2.67 bits per heavy atom. The van der Waals surface area contributed by atoms with Crippen LogP contribution in [0.3, 0.4) is 0 Å². The molecular weight excluding hydrogens is 213 g/mol. The van der Waals surface area contributed by atoms with E-state index in [1.165, 1.54) is 6.07 Å². The topological polar surface area (TPSA) is 67.8 Å². The van der Waals surface area contributed by atoms with Gasteiger partial charge in [0, 0.05) is 0 Å². The molecule has 0 aliphatic carbocycles. The monoisotopic (exact) mass is 220 g/mol. The molecule has 1 aromatic carbocycles. The standard InChI is InChI=1S/C8H7F3N2O2/c9-4-2-1-3-5(15-8(10)11)6(4)7(12)13-14/h1-3,8,14H,(H2,12,13). The van der Waals surface area contributed by atoms with E-state index >= 15 is 0 Å². The number of oxime groups is 1. The smallest absolute Gasteiger partial charge is 0.387 e. The summed E-state index contributed by atoms with van der Waals surface area (Å²) in [7, 11) is 0. The molecule has 0 radical (unpaired) electrons. The van der Waals surface area contributed by atoms with Crippen molar-refractivity contribution in [3.05, 3.63) is 29.6 Å². The lowest BCUT2D eigenvalue weighted by Gasteiger charge is -2.09. The van der Waals surface area contributed by atoms with E-state index < -0.39 is 29.6 Å². The van der Waals surface area contributed by atoms with Gasteiger partial charge in [0.1, 0.15) is 11.6 Å². The molecule has 0 fully saturated rings. The number of amidine groups is 1. The zero-order valence-electron chi connectivity index (χ0n) is 7.32. The van der Waals surface area contributed by atoms with Crippen molar-refractivity contribution in [1.29, 1.82) is 0 Å². The molecule has 0 amide bonds. The number of rotatable bonds is 3. The molecule has 3 N–H and O–H groups in total. The van der Waals surface area contributed by atoms with Crippen LogP contribution in [0.4, 0.5) is 13.2 Å². The fourth-order valence-corrected chi connectivity index (χ4v) is 0.997. The molecule has 0 saturated heterocycles. The second-order valence-electron chi connectivity index (χ2n) is 2.48. The molecule has 0 aliphatic rings. The van der Waals surface area contributed by atoms with Crippen LogP contribution in [0.1, 0.15) is 5.56 Å². The van der Waals surface area contributed by atoms with Crippen LogP contribution in [-0.2, 0) is 0 Å². The molecule has 0 aliphatic heterocycles. The van der Waals surface area contributed by atoms with Gasteiger partial charge in [0.15, 0.2) is 5.84 Å². The highest BCUT2D eigenvalue weighted by Crippen LogP contribution is 2.22. The van der Waals surface area contributed by atoms with Crippen molar-refractivity contribution in [3.63, 3.8) is 0 Å². The maximum Gasteiger partial charge on any atom is 0.387 e. The van der Waals surface area contributed by atoms with Crippen molar-refractivity contribution >= 4 is 5.84 Å². The quantitative estimate of drug-likeness (QED) is 0.351. The van der Waals surface area contributed by atoms with Gasteiger partial charge >= 0.3 is 6.61 Å². The van der Waals surface area contributed by atoms with Gasteiger partial charge in [-0.1, -0.05) is 11.2 Å². The van der Waals surface area contributed by atoms with Gasteiger partial charge in [-0.25, -0.2) is 4.39 Å². The molecule has 7 heteroatoms. The molecule has 0 heterocycles. The van der Waals surface area contributed by atoms with Gasteiger partial charge in [-0.05, 0) is 12.1 Å². The molecule has 1 rings (SSSR count). The lowest BCUT2D eigenvalue weighted by molar-refractivity contribution is -0.0501. The predicted molar refractivity (Wildman–Crippen MR) is 45.5 cm³/mol. The van der Waals surface area contributed by atoms with Gasteiger partial charge in [0.2, 0.25) is 0 Å². The van der Waals surface area contributed by atoms with Crippen LogP contribution in [0, 0.1) is 5.82 Å². The van der Waals surface area contributed by atoms with Crippen molar-refractivity contribution in [3.8, 4) is 5.75 Å². The first-order chi connectivity index (χ1) is 7.06. The fraction of sp³-hybridized carbons (Fsp3) is 0.125. The first kappa shape index (κ1) is 11.2. The molecule has 0 saturated carbocycles. The highest BCUT2D eigenvalue weighted by Gasteiger charge is 2.16. The third-order valence-corrected chi connectivity index (χ3v) is 1.56. The van der Waals surface area contributed by atoms with Crippen molar-refractivity contribution in [2.75, 3.05) is 0 Å². The number of hydrogen-bond donors (Lipinski definition) is 2. The van der Waals surface area contributed by atoms with Crippen LogP contribution in [0.25, 0.3) is 0 Å². The number of ether oxygens (including phenoxy) is 1. The predicted octanol–water partition coefficient (Wildman–Crippen LogP) is 1.52. The Kier molecular flexibility index (Phi) is 3.37. The first-order valence-electron chi connectivity index (χ1n) is 3.77. The van der Waals surface area contributed by atoms with Gasteiger partial charge in [-0.2, -0.15) is 8.78 Å². The summed E-state index contributed by atoms with van der Waals surface area (Å²) < 4.78 is 41.0. The van der Waals surface area contributed by atoms with Crippen molar-refractivity contribution in [2.45, 2.75) is 6.61 Å². The van der Waals surface area contributed by atoms with E-state index in [9.17, 15) is 13.2 Å². The number of nitrogens with two attached hydrogens (primary N) is 1. The van der Waals surface area contributed by atoms with Crippen LogP contribution in [0.15, 0.2) is 23.4 Å². The summed E-state index contributed by atoms with van der Waals surface area (Å²) in [4.78, 5) is 0. The summed E-state index contributed by atoms with van der Waals surface area (Å²) in [6.07, 6.45) is 0.